The lowest BCUT2D eigenvalue weighted by Gasteiger charge is -2.09. The number of fused-ring (bicyclic) bond motifs is 1. The summed E-state index contributed by atoms with van der Waals surface area (Å²) in [6.07, 6.45) is 1.58. The van der Waals surface area contributed by atoms with Gasteiger partial charge in [-0.15, -0.1) is 0 Å². The molecule has 2 aromatic carbocycles. The summed E-state index contributed by atoms with van der Waals surface area (Å²) in [5, 5.41) is 8.17. The predicted octanol–water partition coefficient (Wildman–Crippen LogP) is 3.79. The average molecular weight is 386 g/mol. The minimum Gasteiger partial charge on any atom is -0.489 e. The van der Waals surface area contributed by atoms with Gasteiger partial charge >= 0.3 is 0 Å². The van der Waals surface area contributed by atoms with Crippen LogP contribution in [0, 0.1) is 6.92 Å². The molecule has 0 unspecified atom stereocenters. The smallest absolute Gasteiger partial charge is 0.253 e. The van der Waals surface area contributed by atoms with Crippen LogP contribution < -0.4 is 10.1 Å². The lowest BCUT2D eigenvalue weighted by Crippen LogP contribution is -2.23. The van der Waals surface area contributed by atoms with Crippen LogP contribution in [0.1, 0.15) is 27.2 Å². The highest BCUT2D eigenvalue weighted by Gasteiger charge is 2.11. The van der Waals surface area contributed by atoms with Gasteiger partial charge in [0.2, 0.25) is 0 Å². The lowest BCUT2D eigenvalue weighted by molar-refractivity contribution is 0.0950. The minimum atomic E-state index is -0.168. The van der Waals surface area contributed by atoms with Crippen LogP contribution in [0.15, 0.2) is 66.9 Å². The molecular weight excluding hydrogens is 364 g/mol. The molecular formula is C23H22N4O2. The molecule has 0 aliphatic heterocycles. The third-order valence-electron chi connectivity index (χ3n) is 4.73. The summed E-state index contributed by atoms with van der Waals surface area (Å²) in [5.41, 5.74) is 4.22. The van der Waals surface area contributed by atoms with Crippen molar-refractivity contribution in [2.24, 2.45) is 7.05 Å². The Bertz CT molecular complexity index is 1150. The van der Waals surface area contributed by atoms with Gasteiger partial charge in [0.25, 0.3) is 5.91 Å². The second-order valence-corrected chi connectivity index (χ2v) is 6.91. The Hall–Kier alpha value is -3.67. The zero-order valence-electron chi connectivity index (χ0n) is 16.4. The van der Waals surface area contributed by atoms with Crippen LogP contribution in [0.5, 0.6) is 5.75 Å². The second kappa shape index (κ2) is 8.14. The van der Waals surface area contributed by atoms with Gasteiger partial charge in [-0.2, -0.15) is 5.10 Å². The van der Waals surface area contributed by atoms with Crippen LogP contribution in [0.25, 0.3) is 11.0 Å². The molecule has 4 rings (SSSR count). The van der Waals surface area contributed by atoms with E-state index in [2.05, 4.69) is 15.4 Å². The van der Waals surface area contributed by atoms with Crippen molar-refractivity contribution in [2.45, 2.75) is 20.1 Å². The first-order valence-corrected chi connectivity index (χ1v) is 9.43. The molecule has 4 aromatic rings. The Morgan fingerprint density at radius 1 is 1.07 bits per heavy atom. The number of nitrogens with one attached hydrogen (secondary N) is 1. The van der Waals surface area contributed by atoms with Crippen LogP contribution in [0.2, 0.25) is 0 Å². The van der Waals surface area contributed by atoms with Gasteiger partial charge in [-0.1, -0.05) is 42.5 Å². The molecule has 1 amide bonds. The number of aromatic nitrogens is 3. The Morgan fingerprint density at radius 3 is 2.69 bits per heavy atom. The van der Waals surface area contributed by atoms with Gasteiger partial charge < -0.3 is 10.1 Å². The molecule has 0 fully saturated rings. The molecule has 0 atom stereocenters. The van der Waals surface area contributed by atoms with Crippen LogP contribution >= 0.6 is 0 Å². The van der Waals surface area contributed by atoms with Gasteiger partial charge in [0, 0.05) is 25.2 Å². The van der Waals surface area contributed by atoms with Crippen molar-refractivity contribution in [3.05, 3.63) is 89.2 Å². The van der Waals surface area contributed by atoms with Crippen molar-refractivity contribution >= 4 is 16.9 Å². The SMILES string of the molecule is Cc1nn(C)c2ncc(C(=O)NCc3cccc(OCc4ccccc4)c3)cc12. The normalized spacial score (nSPS) is 10.8. The van der Waals surface area contributed by atoms with Crippen molar-refractivity contribution in [3.63, 3.8) is 0 Å². The van der Waals surface area contributed by atoms with Crippen LogP contribution in [-0.4, -0.2) is 20.7 Å². The summed E-state index contributed by atoms with van der Waals surface area (Å²) in [5.74, 6) is 0.605. The molecule has 6 nitrogen and oxygen atoms in total. The first kappa shape index (κ1) is 18.7. The van der Waals surface area contributed by atoms with E-state index in [1.807, 2.05) is 74.6 Å². The third-order valence-corrected chi connectivity index (χ3v) is 4.73. The zero-order valence-corrected chi connectivity index (χ0v) is 16.4. The molecule has 0 saturated carbocycles. The fourth-order valence-corrected chi connectivity index (χ4v) is 3.20. The molecule has 146 valence electrons. The summed E-state index contributed by atoms with van der Waals surface area (Å²) in [7, 11) is 1.84. The van der Waals surface area contributed by atoms with Gasteiger partial charge in [0.15, 0.2) is 5.65 Å². The number of carbonyl (C=O) groups is 1. The fraction of sp³-hybridized carbons (Fsp3) is 0.174. The van der Waals surface area contributed by atoms with E-state index < -0.39 is 0 Å². The van der Waals surface area contributed by atoms with Crippen molar-refractivity contribution < 1.29 is 9.53 Å². The van der Waals surface area contributed by atoms with Crippen LogP contribution in [0.3, 0.4) is 0 Å². The quantitative estimate of drug-likeness (QED) is 0.547. The molecule has 6 heteroatoms. The highest BCUT2D eigenvalue weighted by molar-refractivity contribution is 5.97. The van der Waals surface area contributed by atoms with E-state index in [9.17, 15) is 4.79 Å². The Kier molecular flexibility index (Phi) is 5.24. The molecule has 2 heterocycles. The second-order valence-electron chi connectivity index (χ2n) is 6.91. The van der Waals surface area contributed by atoms with E-state index in [1.165, 1.54) is 0 Å². The summed E-state index contributed by atoms with van der Waals surface area (Å²) < 4.78 is 7.57. The van der Waals surface area contributed by atoms with E-state index in [1.54, 1.807) is 10.9 Å². The molecule has 0 bridgehead atoms. The van der Waals surface area contributed by atoms with Crippen molar-refractivity contribution in [1.29, 1.82) is 0 Å². The maximum Gasteiger partial charge on any atom is 0.253 e. The molecule has 29 heavy (non-hydrogen) atoms. The highest BCUT2D eigenvalue weighted by Crippen LogP contribution is 2.17. The average Bonchev–Trinajstić information content (AvgIpc) is 3.04. The number of rotatable bonds is 6. The number of hydrogen-bond donors (Lipinski definition) is 1. The number of hydrogen-bond acceptors (Lipinski definition) is 4. The number of nitrogens with zero attached hydrogens (tertiary/aromatic N) is 3. The van der Waals surface area contributed by atoms with Crippen LogP contribution in [0.4, 0.5) is 0 Å². The van der Waals surface area contributed by atoms with E-state index in [0.29, 0.717) is 18.7 Å². The van der Waals surface area contributed by atoms with Gasteiger partial charge in [0.1, 0.15) is 12.4 Å². The third kappa shape index (κ3) is 4.27. The van der Waals surface area contributed by atoms with E-state index in [0.717, 1.165) is 33.6 Å². The largest absolute Gasteiger partial charge is 0.489 e. The van der Waals surface area contributed by atoms with E-state index in [4.69, 9.17) is 4.74 Å². The topological polar surface area (TPSA) is 69.0 Å². The van der Waals surface area contributed by atoms with Gasteiger partial charge in [0.05, 0.1) is 11.3 Å². The Morgan fingerprint density at radius 2 is 1.86 bits per heavy atom. The summed E-state index contributed by atoms with van der Waals surface area (Å²) in [6.45, 7) is 2.82. The summed E-state index contributed by atoms with van der Waals surface area (Å²) in [4.78, 5) is 16.9. The van der Waals surface area contributed by atoms with Crippen molar-refractivity contribution in [1.82, 2.24) is 20.1 Å². The maximum absolute atomic E-state index is 12.6. The molecule has 0 aliphatic carbocycles. The Balaban J connectivity index is 1.39. The predicted molar refractivity (Wildman–Crippen MR) is 112 cm³/mol. The molecule has 0 spiro atoms. The number of carbonyl (C=O) groups excluding carboxylic acids is 1. The van der Waals surface area contributed by atoms with Gasteiger partial charge in [-0.25, -0.2) is 4.98 Å². The monoisotopic (exact) mass is 386 g/mol. The minimum absolute atomic E-state index is 0.168. The first-order valence-electron chi connectivity index (χ1n) is 9.43. The molecule has 1 N–H and O–H groups in total. The molecule has 0 radical (unpaired) electrons. The summed E-state index contributed by atoms with van der Waals surface area (Å²) in [6, 6.07) is 19.6. The van der Waals surface area contributed by atoms with Crippen molar-refractivity contribution in [3.8, 4) is 5.75 Å². The van der Waals surface area contributed by atoms with E-state index in [-0.39, 0.29) is 5.91 Å². The number of benzene rings is 2. The van der Waals surface area contributed by atoms with E-state index >= 15 is 0 Å². The standard InChI is InChI=1S/C23H22N4O2/c1-16-21-12-19(14-24-22(21)27(2)26-16)23(28)25-13-18-9-6-10-20(11-18)29-15-17-7-4-3-5-8-17/h3-12,14H,13,15H2,1-2H3,(H,25,28). The van der Waals surface area contributed by atoms with Gasteiger partial charge in [-0.05, 0) is 36.2 Å². The number of aryl methyl sites for hydroxylation is 2. The lowest BCUT2D eigenvalue weighted by atomic mass is 10.2. The molecule has 0 aliphatic rings. The molecule has 0 saturated heterocycles. The Labute approximate surface area is 169 Å². The molecule has 2 aromatic heterocycles. The maximum atomic E-state index is 12.6. The number of pyridine rings is 1. The zero-order chi connectivity index (χ0) is 20.2. The van der Waals surface area contributed by atoms with Crippen molar-refractivity contribution in [2.75, 3.05) is 0 Å². The number of ether oxygens (including phenoxy) is 1. The fourth-order valence-electron chi connectivity index (χ4n) is 3.20. The van der Waals surface area contributed by atoms with Gasteiger partial charge in [-0.3, -0.25) is 9.48 Å². The summed E-state index contributed by atoms with van der Waals surface area (Å²) >= 11 is 0. The highest BCUT2D eigenvalue weighted by atomic mass is 16.5. The van der Waals surface area contributed by atoms with Crippen LogP contribution in [-0.2, 0) is 20.2 Å². The first-order chi connectivity index (χ1) is 14.1. The number of amides is 1.